The first-order valence-corrected chi connectivity index (χ1v) is 8.02. The molecule has 0 unspecified atom stereocenters. The summed E-state index contributed by atoms with van der Waals surface area (Å²) < 4.78 is 5.95. The molecule has 0 bridgehead atoms. The number of aromatic nitrogens is 1. The summed E-state index contributed by atoms with van der Waals surface area (Å²) in [6.45, 7) is 3.93. The Labute approximate surface area is 145 Å². The summed E-state index contributed by atoms with van der Waals surface area (Å²) in [4.78, 5) is 4.67. The summed E-state index contributed by atoms with van der Waals surface area (Å²) >= 11 is 12.2. The number of ether oxygens (including phenoxy) is 1. The third-order valence-corrected chi connectivity index (χ3v) is 3.81. The van der Waals surface area contributed by atoms with Crippen molar-refractivity contribution in [2.24, 2.45) is 0 Å². The molecule has 3 aromatic rings. The van der Waals surface area contributed by atoms with Gasteiger partial charge in [-0.25, -0.2) is 4.98 Å². The van der Waals surface area contributed by atoms with Gasteiger partial charge in [-0.2, -0.15) is 0 Å². The molecule has 0 aliphatic rings. The number of rotatable bonds is 3. The maximum Gasteiger partial charge on any atom is 0.154 e. The Balaban J connectivity index is 2.31. The van der Waals surface area contributed by atoms with Crippen molar-refractivity contribution in [3.8, 4) is 17.0 Å². The fraction of sp³-hybridized carbons (Fsp3) is 0.167. The number of para-hydroxylation sites is 1. The number of hydrogen-bond donors (Lipinski definition) is 1. The molecular weight excluding hydrogens is 331 g/mol. The summed E-state index contributed by atoms with van der Waals surface area (Å²) in [5, 5.41) is 1.96. The van der Waals surface area contributed by atoms with E-state index in [2.05, 4.69) is 4.98 Å². The van der Waals surface area contributed by atoms with Gasteiger partial charge in [0.05, 0.1) is 17.3 Å². The van der Waals surface area contributed by atoms with Gasteiger partial charge in [0.15, 0.2) is 5.75 Å². The molecule has 2 aromatic carbocycles. The molecular formula is C18H16Cl2N2O. The lowest BCUT2D eigenvalue weighted by Gasteiger charge is -2.17. The van der Waals surface area contributed by atoms with Crippen molar-refractivity contribution in [1.29, 1.82) is 0 Å². The highest BCUT2D eigenvalue weighted by Crippen LogP contribution is 2.39. The van der Waals surface area contributed by atoms with E-state index in [-0.39, 0.29) is 6.10 Å². The van der Waals surface area contributed by atoms with E-state index in [1.807, 2.05) is 38.1 Å². The molecule has 3 rings (SSSR count). The van der Waals surface area contributed by atoms with Crippen molar-refractivity contribution < 1.29 is 4.74 Å². The molecule has 0 amide bonds. The van der Waals surface area contributed by atoms with E-state index in [1.54, 1.807) is 18.2 Å². The summed E-state index contributed by atoms with van der Waals surface area (Å²) in [5.41, 5.74) is 9.03. The van der Waals surface area contributed by atoms with Gasteiger partial charge in [-0.05, 0) is 44.2 Å². The number of nitrogen functional groups attached to an aromatic ring is 1. The van der Waals surface area contributed by atoms with Crippen LogP contribution in [-0.4, -0.2) is 11.1 Å². The van der Waals surface area contributed by atoms with Crippen LogP contribution in [0.3, 0.4) is 0 Å². The highest BCUT2D eigenvalue weighted by molar-refractivity contribution is 6.35. The van der Waals surface area contributed by atoms with Gasteiger partial charge < -0.3 is 10.5 Å². The molecule has 0 spiro atoms. The number of anilines is 1. The van der Waals surface area contributed by atoms with Crippen LogP contribution in [0.15, 0.2) is 42.5 Å². The Morgan fingerprint density at radius 1 is 1.04 bits per heavy atom. The zero-order valence-corrected chi connectivity index (χ0v) is 14.3. The number of fused-ring (bicyclic) bond motifs is 1. The zero-order valence-electron chi connectivity index (χ0n) is 12.8. The van der Waals surface area contributed by atoms with Crippen molar-refractivity contribution >= 4 is 39.8 Å². The number of benzene rings is 2. The van der Waals surface area contributed by atoms with Crippen molar-refractivity contribution in [1.82, 2.24) is 4.98 Å². The lowest BCUT2D eigenvalue weighted by Crippen LogP contribution is -2.09. The van der Waals surface area contributed by atoms with Crippen LogP contribution in [-0.2, 0) is 0 Å². The second-order valence-corrected chi connectivity index (χ2v) is 6.42. The van der Waals surface area contributed by atoms with E-state index < -0.39 is 0 Å². The SMILES string of the molecule is CC(C)Oc1c(N)c(-c2cc(Cl)cc(Cl)c2)nc2ccccc12. The maximum atomic E-state index is 6.36. The summed E-state index contributed by atoms with van der Waals surface area (Å²) in [7, 11) is 0. The summed E-state index contributed by atoms with van der Waals surface area (Å²) in [6, 6.07) is 13.0. The molecule has 0 saturated heterocycles. The number of pyridine rings is 1. The van der Waals surface area contributed by atoms with Crippen molar-refractivity contribution in [2.45, 2.75) is 20.0 Å². The topological polar surface area (TPSA) is 48.1 Å². The average Bonchev–Trinajstić information content (AvgIpc) is 2.48. The van der Waals surface area contributed by atoms with E-state index in [9.17, 15) is 0 Å². The standard InChI is InChI=1S/C18H16Cl2N2O/c1-10(2)23-18-14-5-3-4-6-15(14)22-17(16(18)21)11-7-12(19)9-13(20)8-11/h3-10H,21H2,1-2H3. The molecule has 0 fully saturated rings. The Hall–Kier alpha value is -1.97. The van der Waals surface area contributed by atoms with Crippen LogP contribution in [0, 0.1) is 0 Å². The minimum Gasteiger partial charge on any atom is -0.488 e. The van der Waals surface area contributed by atoms with Crippen LogP contribution in [0.1, 0.15) is 13.8 Å². The van der Waals surface area contributed by atoms with E-state index in [0.29, 0.717) is 27.2 Å². The summed E-state index contributed by atoms with van der Waals surface area (Å²) in [5.74, 6) is 0.636. The van der Waals surface area contributed by atoms with E-state index >= 15 is 0 Å². The molecule has 0 saturated carbocycles. The molecule has 1 heterocycles. The van der Waals surface area contributed by atoms with E-state index in [0.717, 1.165) is 16.5 Å². The maximum absolute atomic E-state index is 6.36. The largest absolute Gasteiger partial charge is 0.488 e. The first-order valence-electron chi connectivity index (χ1n) is 7.27. The second kappa shape index (κ2) is 6.26. The van der Waals surface area contributed by atoms with Gasteiger partial charge in [0, 0.05) is 21.0 Å². The number of nitrogens with two attached hydrogens (primary N) is 1. The Morgan fingerprint density at radius 3 is 2.35 bits per heavy atom. The Kier molecular flexibility index (Phi) is 4.33. The predicted octanol–water partition coefficient (Wildman–Crippen LogP) is 5.58. The van der Waals surface area contributed by atoms with Gasteiger partial charge in [-0.1, -0.05) is 35.3 Å². The lowest BCUT2D eigenvalue weighted by molar-refractivity contribution is 0.247. The zero-order chi connectivity index (χ0) is 16.6. The van der Waals surface area contributed by atoms with Crippen LogP contribution in [0.4, 0.5) is 5.69 Å². The fourth-order valence-electron chi connectivity index (χ4n) is 2.47. The van der Waals surface area contributed by atoms with Crippen LogP contribution in [0.2, 0.25) is 10.0 Å². The first kappa shape index (κ1) is 15.9. The Bertz CT molecular complexity index is 858. The molecule has 23 heavy (non-hydrogen) atoms. The van der Waals surface area contributed by atoms with Gasteiger partial charge in [0.1, 0.15) is 5.69 Å². The molecule has 1 aromatic heterocycles. The average molecular weight is 347 g/mol. The molecule has 0 aliphatic carbocycles. The second-order valence-electron chi connectivity index (χ2n) is 5.55. The minimum absolute atomic E-state index is 0.00101. The molecule has 2 N–H and O–H groups in total. The third-order valence-electron chi connectivity index (χ3n) is 3.37. The Morgan fingerprint density at radius 2 is 1.70 bits per heavy atom. The molecule has 5 heteroatoms. The van der Waals surface area contributed by atoms with Crippen molar-refractivity contribution in [3.63, 3.8) is 0 Å². The van der Waals surface area contributed by atoms with Crippen molar-refractivity contribution in [3.05, 3.63) is 52.5 Å². The van der Waals surface area contributed by atoms with Gasteiger partial charge in [-0.15, -0.1) is 0 Å². The lowest BCUT2D eigenvalue weighted by atomic mass is 10.1. The molecule has 3 nitrogen and oxygen atoms in total. The quantitative estimate of drug-likeness (QED) is 0.673. The minimum atomic E-state index is -0.00101. The van der Waals surface area contributed by atoms with Crippen LogP contribution >= 0.6 is 23.2 Å². The number of nitrogens with zero attached hydrogens (tertiary/aromatic N) is 1. The van der Waals surface area contributed by atoms with Gasteiger partial charge in [0.25, 0.3) is 0 Å². The third kappa shape index (κ3) is 3.21. The fourth-order valence-corrected chi connectivity index (χ4v) is 3.00. The molecule has 0 radical (unpaired) electrons. The number of halogens is 2. The molecule has 0 aliphatic heterocycles. The van der Waals surface area contributed by atoms with E-state index in [4.69, 9.17) is 33.7 Å². The molecule has 118 valence electrons. The van der Waals surface area contributed by atoms with Gasteiger partial charge >= 0.3 is 0 Å². The van der Waals surface area contributed by atoms with E-state index in [1.165, 1.54) is 0 Å². The smallest absolute Gasteiger partial charge is 0.154 e. The highest BCUT2D eigenvalue weighted by atomic mass is 35.5. The highest BCUT2D eigenvalue weighted by Gasteiger charge is 2.17. The van der Waals surface area contributed by atoms with Gasteiger partial charge in [-0.3, -0.25) is 0 Å². The first-order chi connectivity index (χ1) is 11.0. The van der Waals surface area contributed by atoms with Crippen LogP contribution < -0.4 is 10.5 Å². The van der Waals surface area contributed by atoms with Crippen LogP contribution in [0.5, 0.6) is 5.75 Å². The summed E-state index contributed by atoms with van der Waals surface area (Å²) in [6.07, 6.45) is -0.00101. The monoisotopic (exact) mass is 346 g/mol. The van der Waals surface area contributed by atoms with Crippen LogP contribution in [0.25, 0.3) is 22.2 Å². The predicted molar refractivity (Wildman–Crippen MR) is 97.4 cm³/mol. The van der Waals surface area contributed by atoms with Crippen molar-refractivity contribution in [2.75, 3.05) is 5.73 Å². The van der Waals surface area contributed by atoms with Gasteiger partial charge in [0.2, 0.25) is 0 Å². The molecule has 0 atom stereocenters. The number of hydrogen-bond acceptors (Lipinski definition) is 3. The normalized spacial score (nSPS) is 11.2.